The monoisotopic (exact) mass is 574 g/mol. The third kappa shape index (κ3) is 8.27. The SMILES string of the molecule is CCCCCCCC1C[C@]1(NC(=O)C1CCCN1C(=O)CNC(=O)N[C@H](C(=O)c1ccc(F)cc1)C(C)C)C(=O)O. The van der Waals surface area contributed by atoms with Crippen molar-refractivity contribution in [2.24, 2.45) is 11.8 Å². The molecule has 0 aromatic heterocycles. The van der Waals surface area contributed by atoms with Crippen molar-refractivity contribution in [1.29, 1.82) is 0 Å². The van der Waals surface area contributed by atoms with Gasteiger partial charge in [0, 0.05) is 12.1 Å². The van der Waals surface area contributed by atoms with Gasteiger partial charge < -0.3 is 26.0 Å². The van der Waals surface area contributed by atoms with Crippen LogP contribution in [0.3, 0.4) is 0 Å². The molecule has 3 rings (SSSR count). The average molecular weight is 575 g/mol. The second-order valence-corrected chi connectivity index (χ2v) is 11.5. The van der Waals surface area contributed by atoms with Gasteiger partial charge in [-0.2, -0.15) is 0 Å². The highest BCUT2D eigenvalue weighted by Crippen LogP contribution is 2.47. The standard InChI is InChI=1S/C30H43FN4O6/c1-4-5-6-7-8-10-21-17-30(21,28(39)40)34-27(38)23-11-9-16-35(23)24(36)18-32-29(41)33-25(19(2)3)26(37)20-12-14-22(31)15-13-20/h12-15,19,21,23,25H,4-11,16-18H2,1-3H3,(H,34,38)(H,39,40)(H2,32,33,41)/t21?,23?,25-,30+/m0/s1. The van der Waals surface area contributed by atoms with Gasteiger partial charge in [0.2, 0.25) is 11.8 Å². The summed E-state index contributed by atoms with van der Waals surface area (Å²) in [6, 6.07) is 2.60. The predicted molar refractivity (Wildman–Crippen MR) is 151 cm³/mol. The van der Waals surface area contributed by atoms with E-state index in [1.165, 1.54) is 29.2 Å². The first kappa shape index (κ1) is 32.0. The van der Waals surface area contributed by atoms with Gasteiger partial charge in [0.05, 0.1) is 12.6 Å². The molecule has 2 fully saturated rings. The third-order valence-corrected chi connectivity index (χ3v) is 8.13. The highest BCUT2D eigenvalue weighted by Gasteiger charge is 2.61. The fourth-order valence-corrected chi connectivity index (χ4v) is 5.56. The van der Waals surface area contributed by atoms with E-state index in [9.17, 15) is 33.5 Å². The molecule has 1 aliphatic carbocycles. The molecule has 1 aromatic carbocycles. The first-order valence-electron chi connectivity index (χ1n) is 14.7. The number of likely N-dealkylation sites (tertiary alicyclic amines) is 1. The van der Waals surface area contributed by atoms with Crippen LogP contribution in [0, 0.1) is 17.7 Å². The molecular formula is C30H43FN4O6. The lowest BCUT2D eigenvalue weighted by atomic mass is 9.95. The summed E-state index contributed by atoms with van der Waals surface area (Å²) in [5.74, 6) is -3.26. The van der Waals surface area contributed by atoms with Gasteiger partial charge in [-0.3, -0.25) is 14.4 Å². The van der Waals surface area contributed by atoms with Crippen LogP contribution in [0.25, 0.3) is 0 Å². The van der Waals surface area contributed by atoms with E-state index in [-0.39, 0.29) is 23.2 Å². The number of carboxylic acid groups (broad SMARTS) is 1. The number of benzene rings is 1. The Morgan fingerprint density at radius 1 is 1.07 bits per heavy atom. The van der Waals surface area contributed by atoms with E-state index in [1.807, 2.05) is 0 Å². The summed E-state index contributed by atoms with van der Waals surface area (Å²) in [6.07, 6.45) is 7.47. The first-order chi connectivity index (χ1) is 19.5. The van der Waals surface area contributed by atoms with Gasteiger partial charge >= 0.3 is 12.0 Å². The number of Topliss-reactive ketones (excluding diaryl/α,β-unsaturated/α-hetero) is 1. The number of carbonyl (C=O) groups is 5. The Balaban J connectivity index is 1.51. The molecule has 1 saturated carbocycles. The molecule has 1 aromatic rings. The Bertz CT molecular complexity index is 1110. The molecule has 1 heterocycles. The molecule has 2 aliphatic rings. The van der Waals surface area contributed by atoms with Crippen molar-refractivity contribution in [2.45, 2.75) is 96.2 Å². The van der Waals surface area contributed by atoms with Crippen LogP contribution < -0.4 is 16.0 Å². The molecule has 0 bridgehead atoms. The molecule has 4 amide bonds. The molecule has 4 atom stereocenters. The molecule has 2 unspecified atom stereocenters. The van der Waals surface area contributed by atoms with Crippen LogP contribution >= 0.6 is 0 Å². The summed E-state index contributed by atoms with van der Waals surface area (Å²) < 4.78 is 13.2. The summed E-state index contributed by atoms with van der Waals surface area (Å²) in [5, 5.41) is 17.7. The predicted octanol–water partition coefficient (Wildman–Crippen LogP) is 3.64. The van der Waals surface area contributed by atoms with Gasteiger partial charge in [-0.1, -0.05) is 52.9 Å². The number of hydrogen-bond donors (Lipinski definition) is 4. The molecule has 0 spiro atoms. The van der Waals surface area contributed by atoms with E-state index >= 15 is 0 Å². The molecule has 1 saturated heterocycles. The second kappa shape index (κ2) is 14.4. The number of carbonyl (C=O) groups excluding carboxylic acids is 4. The number of unbranched alkanes of at least 4 members (excludes halogenated alkanes) is 4. The lowest BCUT2D eigenvalue weighted by molar-refractivity contribution is -0.145. The van der Waals surface area contributed by atoms with E-state index in [0.717, 1.165) is 38.5 Å². The Morgan fingerprint density at radius 2 is 1.76 bits per heavy atom. The molecule has 11 heteroatoms. The second-order valence-electron chi connectivity index (χ2n) is 11.5. The smallest absolute Gasteiger partial charge is 0.329 e. The van der Waals surface area contributed by atoms with Crippen molar-refractivity contribution in [3.63, 3.8) is 0 Å². The lowest BCUT2D eigenvalue weighted by Gasteiger charge is -2.26. The summed E-state index contributed by atoms with van der Waals surface area (Å²) >= 11 is 0. The van der Waals surface area contributed by atoms with Crippen LogP contribution in [0.1, 0.15) is 88.9 Å². The van der Waals surface area contributed by atoms with Gasteiger partial charge in [-0.05, 0) is 61.8 Å². The Morgan fingerprint density at radius 3 is 2.39 bits per heavy atom. The molecule has 1 aliphatic heterocycles. The van der Waals surface area contributed by atoms with Crippen LogP contribution in [0.5, 0.6) is 0 Å². The minimum Gasteiger partial charge on any atom is -0.479 e. The zero-order valence-electron chi connectivity index (χ0n) is 24.2. The zero-order chi connectivity index (χ0) is 30.2. The number of urea groups is 1. The van der Waals surface area contributed by atoms with Gasteiger partial charge in [-0.15, -0.1) is 0 Å². The summed E-state index contributed by atoms with van der Waals surface area (Å²) in [4.78, 5) is 65.0. The minimum atomic E-state index is -1.28. The van der Waals surface area contributed by atoms with Crippen molar-refractivity contribution in [3.8, 4) is 0 Å². The van der Waals surface area contributed by atoms with Crippen LogP contribution in [0.4, 0.5) is 9.18 Å². The number of hydrogen-bond acceptors (Lipinski definition) is 5. The number of amides is 4. The minimum absolute atomic E-state index is 0.118. The van der Waals surface area contributed by atoms with Crippen molar-refractivity contribution in [3.05, 3.63) is 35.6 Å². The van der Waals surface area contributed by atoms with Gasteiger partial charge in [0.1, 0.15) is 17.4 Å². The largest absolute Gasteiger partial charge is 0.479 e. The van der Waals surface area contributed by atoms with Crippen LogP contribution in [0.2, 0.25) is 0 Å². The van der Waals surface area contributed by atoms with Crippen molar-refractivity contribution < 1.29 is 33.5 Å². The first-order valence-corrected chi connectivity index (χ1v) is 14.7. The molecule has 10 nitrogen and oxygen atoms in total. The third-order valence-electron chi connectivity index (χ3n) is 8.13. The molecule has 226 valence electrons. The number of aliphatic carboxylic acids is 1. The topological polar surface area (TPSA) is 145 Å². The maximum absolute atomic E-state index is 13.2. The number of nitrogens with zero attached hydrogens (tertiary/aromatic N) is 1. The summed E-state index contributed by atoms with van der Waals surface area (Å²) in [6.45, 7) is 5.57. The van der Waals surface area contributed by atoms with Crippen LogP contribution in [0.15, 0.2) is 24.3 Å². The van der Waals surface area contributed by atoms with E-state index in [0.29, 0.717) is 25.8 Å². The van der Waals surface area contributed by atoms with E-state index in [4.69, 9.17) is 0 Å². The number of rotatable bonds is 15. The highest BCUT2D eigenvalue weighted by molar-refractivity contribution is 6.02. The van der Waals surface area contributed by atoms with Gasteiger partial charge in [0.15, 0.2) is 5.78 Å². The highest BCUT2D eigenvalue weighted by atomic mass is 19.1. The average Bonchev–Trinajstić information content (AvgIpc) is 3.40. The van der Waals surface area contributed by atoms with Gasteiger partial charge in [-0.25, -0.2) is 14.0 Å². The Kier molecular flexibility index (Phi) is 11.3. The summed E-state index contributed by atoms with van der Waals surface area (Å²) in [7, 11) is 0. The van der Waals surface area contributed by atoms with Crippen molar-refractivity contribution in [1.82, 2.24) is 20.9 Å². The molecule has 41 heavy (non-hydrogen) atoms. The molecular weight excluding hydrogens is 531 g/mol. The maximum Gasteiger partial charge on any atom is 0.329 e. The summed E-state index contributed by atoms with van der Waals surface area (Å²) in [5.41, 5.74) is -1.03. The van der Waals surface area contributed by atoms with E-state index in [1.54, 1.807) is 13.8 Å². The van der Waals surface area contributed by atoms with Crippen LogP contribution in [-0.4, -0.2) is 70.3 Å². The van der Waals surface area contributed by atoms with Crippen molar-refractivity contribution >= 4 is 29.6 Å². The number of nitrogens with one attached hydrogen (secondary N) is 3. The number of ketones is 1. The zero-order valence-corrected chi connectivity index (χ0v) is 24.2. The van der Waals surface area contributed by atoms with Crippen molar-refractivity contribution in [2.75, 3.05) is 13.1 Å². The normalized spacial score (nSPS) is 22.2. The Labute approximate surface area is 240 Å². The van der Waals surface area contributed by atoms with Crippen LogP contribution in [-0.2, 0) is 14.4 Å². The number of carboxylic acids is 1. The quantitative estimate of drug-likeness (QED) is 0.186. The van der Waals surface area contributed by atoms with E-state index < -0.39 is 53.8 Å². The maximum atomic E-state index is 13.2. The van der Waals surface area contributed by atoms with E-state index in [2.05, 4.69) is 22.9 Å². The fourth-order valence-electron chi connectivity index (χ4n) is 5.56. The molecule has 0 radical (unpaired) electrons. The molecule has 4 N–H and O–H groups in total. The lowest BCUT2D eigenvalue weighted by Crippen LogP contribution is -2.55. The Hall–Kier alpha value is -3.50. The van der Waals surface area contributed by atoms with Gasteiger partial charge in [0.25, 0.3) is 0 Å². The number of halogens is 1. The fraction of sp³-hybridized carbons (Fsp3) is 0.633.